The molecule has 0 saturated carbocycles. The van der Waals surface area contributed by atoms with Gasteiger partial charge in [0, 0.05) is 13.5 Å². The van der Waals surface area contributed by atoms with Crippen molar-refractivity contribution in [2.75, 3.05) is 13.2 Å². The molecule has 0 aliphatic carbocycles. The van der Waals surface area contributed by atoms with Crippen molar-refractivity contribution in [3.63, 3.8) is 0 Å². The predicted octanol–water partition coefficient (Wildman–Crippen LogP) is 2.15. The first-order valence-electron chi connectivity index (χ1n) is 5.92. The zero-order chi connectivity index (χ0) is 14.3. The fourth-order valence-corrected chi connectivity index (χ4v) is 1.45. The van der Waals surface area contributed by atoms with Crippen molar-refractivity contribution < 1.29 is 18.7 Å². The monoisotopic (exact) mass is 265 g/mol. The standard InChI is InChI=1S/C14H16FNO3/c1-3-19-14(18)13-7-6-12(15)9-11(13)5-4-8-16-10(2)17/h4-7,9H,3,8H2,1-2H3,(H,16,17). The van der Waals surface area contributed by atoms with E-state index >= 15 is 0 Å². The van der Waals surface area contributed by atoms with Crippen LogP contribution in [-0.4, -0.2) is 25.0 Å². The maximum Gasteiger partial charge on any atom is 0.338 e. The third-order valence-electron chi connectivity index (χ3n) is 2.28. The lowest BCUT2D eigenvalue weighted by Gasteiger charge is -2.05. The van der Waals surface area contributed by atoms with Gasteiger partial charge in [-0.1, -0.05) is 12.2 Å². The molecule has 0 aromatic heterocycles. The number of hydrogen-bond acceptors (Lipinski definition) is 3. The van der Waals surface area contributed by atoms with E-state index in [-0.39, 0.29) is 12.5 Å². The molecule has 1 aromatic rings. The summed E-state index contributed by atoms with van der Waals surface area (Å²) in [6.07, 6.45) is 3.21. The molecule has 0 spiro atoms. The number of ether oxygens (including phenoxy) is 1. The van der Waals surface area contributed by atoms with E-state index in [1.807, 2.05) is 0 Å². The quantitative estimate of drug-likeness (QED) is 0.830. The van der Waals surface area contributed by atoms with Gasteiger partial charge in [0.25, 0.3) is 0 Å². The highest BCUT2D eigenvalue weighted by Gasteiger charge is 2.11. The number of esters is 1. The predicted molar refractivity (Wildman–Crippen MR) is 70.1 cm³/mol. The van der Waals surface area contributed by atoms with Crippen LogP contribution in [0.1, 0.15) is 29.8 Å². The van der Waals surface area contributed by atoms with E-state index in [2.05, 4.69) is 5.32 Å². The fraction of sp³-hybridized carbons (Fsp3) is 0.286. The van der Waals surface area contributed by atoms with Gasteiger partial charge in [-0.3, -0.25) is 4.79 Å². The lowest BCUT2D eigenvalue weighted by molar-refractivity contribution is -0.118. The van der Waals surface area contributed by atoms with E-state index in [1.54, 1.807) is 19.1 Å². The van der Waals surface area contributed by atoms with Gasteiger partial charge in [0.15, 0.2) is 0 Å². The molecule has 0 heterocycles. The summed E-state index contributed by atoms with van der Waals surface area (Å²) in [6.45, 7) is 3.67. The largest absolute Gasteiger partial charge is 0.462 e. The molecule has 102 valence electrons. The number of carbonyl (C=O) groups excluding carboxylic acids is 2. The Morgan fingerprint density at radius 3 is 2.79 bits per heavy atom. The van der Waals surface area contributed by atoms with Crippen LogP contribution in [0, 0.1) is 5.82 Å². The first-order valence-corrected chi connectivity index (χ1v) is 5.92. The van der Waals surface area contributed by atoms with Crippen molar-refractivity contribution in [3.8, 4) is 0 Å². The van der Waals surface area contributed by atoms with Gasteiger partial charge in [-0.2, -0.15) is 0 Å². The summed E-state index contributed by atoms with van der Waals surface area (Å²) in [5.74, 6) is -1.09. The van der Waals surface area contributed by atoms with Gasteiger partial charge in [0.1, 0.15) is 5.82 Å². The minimum absolute atomic E-state index is 0.158. The van der Waals surface area contributed by atoms with Crippen LogP contribution in [0.3, 0.4) is 0 Å². The second-order valence-electron chi connectivity index (χ2n) is 3.79. The highest BCUT2D eigenvalue weighted by Crippen LogP contribution is 2.14. The van der Waals surface area contributed by atoms with E-state index in [4.69, 9.17) is 4.74 Å². The summed E-state index contributed by atoms with van der Waals surface area (Å²) < 4.78 is 18.1. The number of nitrogens with one attached hydrogen (secondary N) is 1. The second-order valence-corrected chi connectivity index (χ2v) is 3.79. The molecule has 0 fully saturated rings. The maximum absolute atomic E-state index is 13.2. The number of amides is 1. The third-order valence-corrected chi connectivity index (χ3v) is 2.28. The average Bonchev–Trinajstić information content (AvgIpc) is 2.34. The topological polar surface area (TPSA) is 55.4 Å². The molecule has 5 heteroatoms. The van der Waals surface area contributed by atoms with Gasteiger partial charge >= 0.3 is 5.97 Å². The minimum atomic E-state index is -0.498. The van der Waals surface area contributed by atoms with Crippen molar-refractivity contribution in [2.45, 2.75) is 13.8 Å². The summed E-state index contributed by atoms with van der Waals surface area (Å²) >= 11 is 0. The lowest BCUT2D eigenvalue weighted by Crippen LogP contribution is -2.19. The molecular weight excluding hydrogens is 249 g/mol. The van der Waals surface area contributed by atoms with Crippen molar-refractivity contribution in [1.82, 2.24) is 5.32 Å². The van der Waals surface area contributed by atoms with Gasteiger partial charge in [0.05, 0.1) is 12.2 Å². The van der Waals surface area contributed by atoms with Gasteiger partial charge in [-0.05, 0) is 30.7 Å². The fourth-order valence-electron chi connectivity index (χ4n) is 1.45. The zero-order valence-electron chi connectivity index (χ0n) is 10.9. The molecule has 1 aromatic carbocycles. The van der Waals surface area contributed by atoms with E-state index in [0.29, 0.717) is 17.7 Å². The molecule has 0 radical (unpaired) electrons. The van der Waals surface area contributed by atoms with Crippen molar-refractivity contribution >= 4 is 18.0 Å². The van der Waals surface area contributed by atoms with E-state index in [0.717, 1.165) is 0 Å². The van der Waals surface area contributed by atoms with Gasteiger partial charge in [-0.25, -0.2) is 9.18 Å². The van der Waals surface area contributed by atoms with Crippen molar-refractivity contribution in [1.29, 1.82) is 0 Å². The Morgan fingerprint density at radius 2 is 2.16 bits per heavy atom. The van der Waals surface area contributed by atoms with Gasteiger partial charge in [-0.15, -0.1) is 0 Å². The Kier molecular flexibility index (Phi) is 5.73. The number of benzene rings is 1. The smallest absolute Gasteiger partial charge is 0.338 e. The molecule has 0 aliphatic heterocycles. The summed E-state index contributed by atoms with van der Waals surface area (Å²) in [5.41, 5.74) is 0.714. The zero-order valence-corrected chi connectivity index (χ0v) is 10.9. The SMILES string of the molecule is CCOC(=O)c1ccc(F)cc1C=CCNC(C)=O. The normalized spacial score (nSPS) is 10.5. The van der Waals surface area contributed by atoms with E-state index in [1.165, 1.54) is 25.1 Å². The average molecular weight is 265 g/mol. The molecule has 4 nitrogen and oxygen atoms in total. The molecule has 0 atom stereocenters. The Balaban J connectivity index is 2.88. The highest BCUT2D eigenvalue weighted by atomic mass is 19.1. The van der Waals surface area contributed by atoms with Gasteiger partial charge in [0.2, 0.25) is 5.91 Å². The van der Waals surface area contributed by atoms with Crippen LogP contribution in [-0.2, 0) is 9.53 Å². The molecule has 0 saturated heterocycles. The summed E-state index contributed by atoms with van der Waals surface area (Å²) in [4.78, 5) is 22.4. The highest BCUT2D eigenvalue weighted by molar-refractivity contribution is 5.93. The van der Waals surface area contributed by atoms with Crippen LogP contribution in [0.25, 0.3) is 6.08 Å². The molecule has 0 bridgehead atoms. The summed E-state index contributed by atoms with van der Waals surface area (Å²) in [5, 5.41) is 2.57. The number of rotatable bonds is 5. The molecule has 0 unspecified atom stereocenters. The molecular formula is C14H16FNO3. The van der Waals surface area contributed by atoms with Crippen LogP contribution >= 0.6 is 0 Å². The van der Waals surface area contributed by atoms with Crippen LogP contribution in [0.5, 0.6) is 0 Å². The van der Waals surface area contributed by atoms with Crippen molar-refractivity contribution in [2.24, 2.45) is 0 Å². The van der Waals surface area contributed by atoms with E-state index < -0.39 is 11.8 Å². The molecule has 19 heavy (non-hydrogen) atoms. The van der Waals surface area contributed by atoms with Crippen LogP contribution in [0.4, 0.5) is 4.39 Å². The second kappa shape index (κ2) is 7.31. The molecule has 1 amide bonds. The number of hydrogen-bond donors (Lipinski definition) is 1. The van der Waals surface area contributed by atoms with Crippen LogP contribution in [0.15, 0.2) is 24.3 Å². The van der Waals surface area contributed by atoms with Crippen LogP contribution in [0.2, 0.25) is 0 Å². The Hall–Kier alpha value is -2.17. The van der Waals surface area contributed by atoms with Gasteiger partial charge < -0.3 is 10.1 Å². The number of halogens is 1. The Labute approximate surface area is 111 Å². The third kappa shape index (κ3) is 4.91. The van der Waals surface area contributed by atoms with E-state index in [9.17, 15) is 14.0 Å². The minimum Gasteiger partial charge on any atom is -0.462 e. The molecule has 1 N–H and O–H groups in total. The molecule has 1 rings (SSSR count). The maximum atomic E-state index is 13.2. The Bertz CT molecular complexity index is 497. The first kappa shape index (κ1) is 14.9. The summed E-state index contributed by atoms with van der Waals surface area (Å²) in [7, 11) is 0. The number of carbonyl (C=O) groups is 2. The lowest BCUT2D eigenvalue weighted by atomic mass is 10.1. The first-order chi connectivity index (χ1) is 9.04. The van der Waals surface area contributed by atoms with Crippen molar-refractivity contribution in [3.05, 3.63) is 41.2 Å². The summed E-state index contributed by atoms with van der Waals surface area (Å²) in [6, 6.07) is 3.83. The Morgan fingerprint density at radius 1 is 1.42 bits per heavy atom. The molecule has 0 aliphatic rings. The van der Waals surface area contributed by atoms with Crippen LogP contribution < -0.4 is 5.32 Å².